The molecule has 1 atom stereocenters. The lowest BCUT2D eigenvalue weighted by Gasteiger charge is -2.22. The topological polar surface area (TPSA) is 153 Å². The number of hydrogen-bond donors (Lipinski definition) is 1. The van der Waals surface area contributed by atoms with Gasteiger partial charge in [-0.3, -0.25) is 35.2 Å². The quantitative estimate of drug-likeness (QED) is 0.329. The molecule has 192 valence electrons. The molecule has 1 saturated heterocycles. The van der Waals surface area contributed by atoms with Crippen LogP contribution in [0.2, 0.25) is 0 Å². The van der Waals surface area contributed by atoms with Crippen molar-refractivity contribution in [2.75, 3.05) is 13.6 Å². The molecule has 3 aromatic carbocycles. The maximum atomic E-state index is 10.4. The van der Waals surface area contributed by atoms with Crippen LogP contribution in [-0.2, 0) is 0 Å². The zero-order valence-corrected chi connectivity index (χ0v) is 20.3. The van der Waals surface area contributed by atoms with Crippen LogP contribution in [0, 0.1) is 30.3 Å². The van der Waals surface area contributed by atoms with E-state index in [1.807, 2.05) is 0 Å². The maximum absolute atomic E-state index is 10.4. The van der Waals surface area contributed by atoms with Gasteiger partial charge in [-0.05, 0) is 42.2 Å². The Kier molecular flexibility index (Phi) is 8.64. The van der Waals surface area contributed by atoms with Crippen molar-refractivity contribution in [3.8, 4) is 5.75 Å². The number of nitro benzene ring substituents is 3. The number of rotatable bonds is 6. The van der Waals surface area contributed by atoms with Gasteiger partial charge in [-0.15, -0.1) is 0 Å². The predicted octanol–water partition coefficient (Wildman–Crippen LogP) is 5.72. The molecule has 11 nitrogen and oxygen atoms in total. The third-order valence-electron chi connectivity index (χ3n) is 6.16. The largest absolute Gasteiger partial charge is 0.497 e. The van der Waals surface area contributed by atoms with Gasteiger partial charge >= 0.3 is 11.4 Å². The second-order valence-corrected chi connectivity index (χ2v) is 8.39. The minimum absolute atomic E-state index is 0.447. The summed E-state index contributed by atoms with van der Waals surface area (Å²) >= 11 is 0. The smallest absolute Gasteiger partial charge is 0.324 e. The third-order valence-corrected chi connectivity index (χ3v) is 6.16. The number of benzene rings is 3. The van der Waals surface area contributed by atoms with Crippen molar-refractivity contribution in [1.29, 1.82) is 0 Å². The van der Waals surface area contributed by atoms with E-state index in [2.05, 4.69) is 79.5 Å². The first-order valence-corrected chi connectivity index (χ1v) is 11.5. The molecule has 1 fully saturated rings. The molecule has 0 spiro atoms. The summed E-state index contributed by atoms with van der Waals surface area (Å²) < 4.78 is 0. The fourth-order valence-electron chi connectivity index (χ4n) is 4.46. The van der Waals surface area contributed by atoms with Crippen LogP contribution in [0.5, 0.6) is 5.75 Å². The molecule has 0 bridgehead atoms. The number of phenolic OH excluding ortho intramolecular Hbond substituents is 1. The first kappa shape index (κ1) is 27.0. The SMILES string of the molecule is CCC1C(=C(c2ccccc2)c2ccccc2)CCN1C.O=[N+]([O-])c1cc([N+](=O)[O-])c(O)c([N+](=O)[O-])c1. The van der Waals surface area contributed by atoms with Gasteiger partial charge in [0, 0.05) is 12.6 Å². The van der Waals surface area contributed by atoms with Gasteiger partial charge in [0.05, 0.1) is 26.9 Å². The average molecular weight is 507 g/mol. The Labute approximate surface area is 212 Å². The molecule has 4 rings (SSSR count). The van der Waals surface area contributed by atoms with Crippen molar-refractivity contribution < 1.29 is 19.9 Å². The summed E-state index contributed by atoms with van der Waals surface area (Å²) in [6, 6.07) is 23.1. The molecule has 0 radical (unpaired) electrons. The third kappa shape index (κ3) is 6.14. The van der Waals surface area contributed by atoms with Crippen LogP contribution >= 0.6 is 0 Å². The minimum atomic E-state index is -1.21. The van der Waals surface area contributed by atoms with Crippen molar-refractivity contribution in [3.63, 3.8) is 0 Å². The van der Waals surface area contributed by atoms with E-state index in [9.17, 15) is 30.3 Å². The summed E-state index contributed by atoms with van der Waals surface area (Å²) in [6.45, 7) is 3.46. The van der Waals surface area contributed by atoms with Gasteiger partial charge in [-0.2, -0.15) is 0 Å². The van der Waals surface area contributed by atoms with Crippen LogP contribution in [0.4, 0.5) is 17.1 Å². The molecule has 1 unspecified atom stereocenters. The number of aromatic hydroxyl groups is 1. The van der Waals surface area contributed by atoms with E-state index < -0.39 is 37.6 Å². The summed E-state index contributed by atoms with van der Waals surface area (Å²) in [6.07, 6.45) is 2.35. The van der Waals surface area contributed by atoms with Crippen molar-refractivity contribution in [2.45, 2.75) is 25.8 Å². The predicted molar refractivity (Wildman–Crippen MR) is 138 cm³/mol. The van der Waals surface area contributed by atoms with E-state index in [-0.39, 0.29) is 0 Å². The van der Waals surface area contributed by atoms with Crippen LogP contribution in [-0.4, -0.2) is 44.4 Å². The Balaban J connectivity index is 0.000000214. The van der Waals surface area contributed by atoms with E-state index in [1.165, 1.54) is 29.5 Å². The molecule has 3 aromatic rings. The van der Waals surface area contributed by atoms with E-state index in [1.54, 1.807) is 5.57 Å². The van der Waals surface area contributed by atoms with E-state index >= 15 is 0 Å². The Hall–Kier alpha value is -4.64. The Morgan fingerprint density at radius 1 is 0.865 bits per heavy atom. The molecule has 11 heteroatoms. The summed E-state index contributed by atoms with van der Waals surface area (Å²) in [5.41, 5.74) is 2.71. The second-order valence-electron chi connectivity index (χ2n) is 8.39. The number of likely N-dealkylation sites (N-methyl/N-ethyl adjacent to an activating group) is 1. The Morgan fingerprint density at radius 2 is 1.32 bits per heavy atom. The number of nitro groups is 3. The molecular weight excluding hydrogens is 480 g/mol. The van der Waals surface area contributed by atoms with Gasteiger partial charge in [0.1, 0.15) is 0 Å². The van der Waals surface area contributed by atoms with Crippen LogP contribution < -0.4 is 0 Å². The Bertz CT molecular complexity index is 1250. The van der Waals surface area contributed by atoms with Crippen molar-refractivity contribution in [1.82, 2.24) is 4.90 Å². The average Bonchev–Trinajstić information content (AvgIpc) is 3.25. The summed E-state index contributed by atoms with van der Waals surface area (Å²) in [4.78, 5) is 30.3. The summed E-state index contributed by atoms with van der Waals surface area (Å²) in [5.74, 6) is -1.21. The molecule has 0 aromatic heterocycles. The van der Waals surface area contributed by atoms with Crippen LogP contribution in [0.25, 0.3) is 5.57 Å². The van der Waals surface area contributed by atoms with Crippen LogP contribution in [0.3, 0.4) is 0 Å². The monoisotopic (exact) mass is 506 g/mol. The highest BCUT2D eigenvalue weighted by Gasteiger charge is 2.30. The zero-order valence-electron chi connectivity index (χ0n) is 20.3. The number of likely N-dealkylation sites (tertiary alicyclic amines) is 1. The van der Waals surface area contributed by atoms with Gasteiger partial charge in [-0.25, -0.2) is 0 Å². The number of hydrogen-bond acceptors (Lipinski definition) is 8. The maximum Gasteiger partial charge on any atom is 0.324 e. The Morgan fingerprint density at radius 3 is 1.70 bits per heavy atom. The number of non-ortho nitro benzene ring substituents is 1. The lowest BCUT2D eigenvalue weighted by atomic mass is 9.89. The van der Waals surface area contributed by atoms with Gasteiger partial charge in [0.15, 0.2) is 0 Å². The van der Waals surface area contributed by atoms with Crippen LogP contribution in [0.1, 0.15) is 30.9 Å². The number of nitrogens with zero attached hydrogens (tertiary/aromatic N) is 4. The highest BCUT2D eigenvalue weighted by molar-refractivity contribution is 5.83. The van der Waals surface area contributed by atoms with Gasteiger partial charge < -0.3 is 5.11 Å². The fourth-order valence-corrected chi connectivity index (χ4v) is 4.46. The molecule has 0 saturated carbocycles. The second kappa shape index (κ2) is 11.9. The first-order chi connectivity index (χ1) is 17.6. The standard InChI is InChI=1S/C20H23N.C6H3N3O7/c1-3-19-18(14-15-21(19)2)20(16-10-6-4-7-11-16)17-12-8-5-9-13-17;10-6-4(8(13)14)1-3(7(11)12)2-5(6)9(15)16/h4-13,19H,3,14-15H2,1-2H3;1-2,10H. The normalized spacial score (nSPS) is 15.0. The van der Waals surface area contributed by atoms with Gasteiger partial charge in [-0.1, -0.05) is 67.6 Å². The summed E-state index contributed by atoms with van der Waals surface area (Å²) in [5, 5.41) is 40.2. The molecule has 0 aliphatic carbocycles. The molecule has 1 N–H and O–H groups in total. The van der Waals surface area contributed by atoms with E-state index in [0.29, 0.717) is 18.2 Å². The van der Waals surface area contributed by atoms with Gasteiger partial charge in [0.25, 0.3) is 11.4 Å². The highest BCUT2D eigenvalue weighted by Crippen LogP contribution is 2.39. The lowest BCUT2D eigenvalue weighted by molar-refractivity contribution is -0.404. The van der Waals surface area contributed by atoms with Crippen molar-refractivity contribution in [3.05, 3.63) is 120 Å². The molecule has 1 aliphatic rings. The first-order valence-electron chi connectivity index (χ1n) is 11.5. The molecule has 1 heterocycles. The number of phenols is 1. The summed E-state index contributed by atoms with van der Waals surface area (Å²) in [7, 11) is 2.24. The van der Waals surface area contributed by atoms with Crippen molar-refractivity contribution >= 4 is 22.6 Å². The molecular formula is C26H26N4O7. The fraction of sp³-hybridized carbons (Fsp3) is 0.231. The zero-order chi connectivity index (χ0) is 27.1. The molecule has 37 heavy (non-hydrogen) atoms. The van der Waals surface area contributed by atoms with Crippen molar-refractivity contribution in [2.24, 2.45) is 0 Å². The highest BCUT2D eigenvalue weighted by atomic mass is 16.6. The molecule has 1 aliphatic heterocycles. The van der Waals surface area contributed by atoms with E-state index in [0.717, 1.165) is 6.54 Å². The van der Waals surface area contributed by atoms with E-state index in [4.69, 9.17) is 5.11 Å². The molecule has 0 amide bonds. The lowest BCUT2D eigenvalue weighted by Crippen LogP contribution is -2.25. The van der Waals surface area contributed by atoms with Crippen LogP contribution in [0.15, 0.2) is 78.4 Å². The minimum Gasteiger partial charge on any atom is -0.497 e. The van der Waals surface area contributed by atoms with Gasteiger partial charge in [0.2, 0.25) is 0 Å².